The van der Waals surface area contributed by atoms with Gasteiger partial charge in [-0.25, -0.2) is 4.39 Å². The summed E-state index contributed by atoms with van der Waals surface area (Å²) in [6.07, 6.45) is 2.32. The molecule has 0 bridgehead atoms. The van der Waals surface area contributed by atoms with Crippen LogP contribution in [0.1, 0.15) is 31.4 Å². The lowest BCUT2D eigenvalue weighted by atomic mass is 9.88. The van der Waals surface area contributed by atoms with E-state index in [1.807, 2.05) is 0 Å². The Labute approximate surface area is 173 Å². The van der Waals surface area contributed by atoms with Crippen LogP contribution in [0.15, 0.2) is 40.9 Å². The molecule has 1 aliphatic rings. The minimum absolute atomic E-state index is 0.120. The molecular formula is C22H26BrF2NO2. The van der Waals surface area contributed by atoms with Crippen LogP contribution in [0.5, 0.6) is 5.75 Å². The standard InChI is InChI=1S/C22H26BrF2NO2/c1-22(2,11-14-7-15-5-3-4-6-16(15)8-14)26-12-18(27)13-28-20-10-17(23)9-19(24)21(20)25/h3-6,9-10,14,18,26-27H,7-8,11-13H2,1-2H3. The predicted molar refractivity (Wildman–Crippen MR) is 110 cm³/mol. The van der Waals surface area contributed by atoms with E-state index in [-0.39, 0.29) is 17.9 Å². The van der Waals surface area contributed by atoms with Crippen molar-refractivity contribution in [3.63, 3.8) is 0 Å². The number of fused-ring (bicyclic) bond motifs is 1. The first-order valence-corrected chi connectivity index (χ1v) is 10.3. The van der Waals surface area contributed by atoms with Crippen molar-refractivity contribution in [2.75, 3.05) is 13.2 Å². The second-order valence-electron chi connectivity index (χ2n) is 8.18. The van der Waals surface area contributed by atoms with Gasteiger partial charge in [0.05, 0.1) is 0 Å². The average Bonchev–Trinajstić information content (AvgIpc) is 3.03. The number of ether oxygens (including phenoxy) is 1. The van der Waals surface area contributed by atoms with Crippen LogP contribution in [-0.2, 0) is 12.8 Å². The highest BCUT2D eigenvalue weighted by molar-refractivity contribution is 9.10. The summed E-state index contributed by atoms with van der Waals surface area (Å²) in [7, 11) is 0. The molecule has 0 spiro atoms. The summed E-state index contributed by atoms with van der Waals surface area (Å²) in [6.45, 7) is 4.43. The van der Waals surface area contributed by atoms with E-state index in [0.717, 1.165) is 25.3 Å². The molecule has 1 unspecified atom stereocenters. The van der Waals surface area contributed by atoms with Crippen LogP contribution in [0.25, 0.3) is 0 Å². The number of aliphatic hydroxyl groups excluding tert-OH is 1. The van der Waals surface area contributed by atoms with Gasteiger partial charge in [-0.3, -0.25) is 0 Å². The monoisotopic (exact) mass is 453 g/mol. The molecular weight excluding hydrogens is 428 g/mol. The molecule has 2 N–H and O–H groups in total. The number of halogens is 3. The summed E-state index contributed by atoms with van der Waals surface area (Å²) in [5.41, 5.74) is 2.71. The highest BCUT2D eigenvalue weighted by Gasteiger charge is 2.28. The number of aliphatic hydroxyl groups is 1. The Kier molecular flexibility index (Phi) is 6.73. The predicted octanol–water partition coefficient (Wildman–Crippen LogP) is 4.64. The number of nitrogens with one attached hydrogen (secondary N) is 1. The van der Waals surface area contributed by atoms with E-state index in [1.54, 1.807) is 0 Å². The molecule has 1 aliphatic carbocycles. The Morgan fingerprint density at radius 3 is 2.50 bits per heavy atom. The second-order valence-corrected chi connectivity index (χ2v) is 9.09. The zero-order chi connectivity index (χ0) is 20.3. The summed E-state index contributed by atoms with van der Waals surface area (Å²) in [5.74, 6) is -1.68. The third-order valence-electron chi connectivity index (χ3n) is 5.14. The largest absolute Gasteiger partial charge is 0.488 e. The SMILES string of the molecule is CC(C)(CC1Cc2ccccc2C1)NCC(O)COc1cc(Br)cc(F)c1F. The van der Waals surface area contributed by atoms with Crippen LogP contribution in [0.2, 0.25) is 0 Å². The first kappa shape index (κ1) is 21.2. The zero-order valence-corrected chi connectivity index (χ0v) is 17.7. The molecule has 0 aliphatic heterocycles. The number of hydrogen-bond donors (Lipinski definition) is 2. The fourth-order valence-electron chi connectivity index (χ4n) is 3.86. The van der Waals surface area contributed by atoms with Gasteiger partial charge in [-0.2, -0.15) is 4.39 Å². The van der Waals surface area contributed by atoms with Crippen molar-refractivity contribution in [1.29, 1.82) is 0 Å². The first-order valence-electron chi connectivity index (χ1n) is 9.51. The van der Waals surface area contributed by atoms with Gasteiger partial charge in [0.1, 0.15) is 12.7 Å². The van der Waals surface area contributed by atoms with Crippen molar-refractivity contribution in [2.45, 2.75) is 44.8 Å². The van der Waals surface area contributed by atoms with Gasteiger partial charge in [0.2, 0.25) is 5.82 Å². The number of hydrogen-bond acceptors (Lipinski definition) is 3. The lowest BCUT2D eigenvalue weighted by Crippen LogP contribution is -2.46. The molecule has 6 heteroatoms. The van der Waals surface area contributed by atoms with Gasteiger partial charge in [-0.15, -0.1) is 0 Å². The third kappa shape index (κ3) is 5.52. The molecule has 0 radical (unpaired) electrons. The van der Waals surface area contributed by atoms with Gasteiger partial charge in [-0.05, 0) is 62.3 Å². The van der Waals surface area contributed by atoms with Gasteiger partial charge in [0.25, 0.3) is 0 Å². The van der Waals surface area contributed by atoms with Gasteiger partial charge in [0, 0.05) is 16.6 Å². The van der Waals surface area contributed by atoms with Crippen molar-refractivity contribution in [3.8, 4) is 5.75 Å². The molecule has 0 saturated carbocycles. The molecule has 2 aromatic rings. The van der Waals surface area contributed by atoms with Crippen LogP contribution in [0.4, 0.5) is 8.78 Å². The van der Waals surface area contributed by atoms with Crippen LogP contribution in [0, 0.1) is 17.6 Å². The number of benzene rings is 2. The Balaban J connectivity index is 1.45. The third-order valence-corrected chi connectivity index (χ3v) is 5.60. The molecule has 0 fully saturated rings. The fourth-order valence-corrected chi connectivity index (χ4v) is 4.27. The fraction of sp³-hybridized carbons (Fsp3) is 0.455. The minimum atomic E-state index is -1.05. The highest BCUT2D eigenvalue weighted by Crippen LogP contribution is 2.32. The molecule has 1 atom stereocenters. The van der Waals surface area contributed by atoms with E-state index in [2.05, 4.69) is 59.4 Å². The van der Waals surface area contributed by atoms with E-state index in [0.29, 0.717) is 16.9 Å². The van der Waals surface area contributed by atoms with Crippen molar-refractivity contribution < 1.29 is 18.6 Å². The lowest BCUT2D eigenvalue weighted by Gasteiger charge is -2.30. The molecule has 0 saturated heterocycles. The molecule has 2 aromatic carbocycles. The zero-order valence-electron chi connectivity index (χ0n) is 16.1. The minimum Gasteiger partial charge on any atom is -0.488 e. The summed E-state index contributed by atoms with van der Waals surface area (Å²) in [4.78, 5) is 0. The van der Waals surface area contributed by atoms with Gasteiger partial charge in [-0.1, -0.05) is 40.2 Å². The topological polar surface area (TPSA) is 41.5 Å². The van der Waals surface area contributed by atoms with Crippen LogP contribution in [-0.4, -0.2) is 29.9 Å². The molecule has 0 aromatic heterocycles. The second kappa shape index (κ2) is 8.89. The summed E-state index contributed by atoms with van der Waals surface area (Å²) in [6, 6.07) is 10.9. The van der Waals surface area contributed by atoms with Gasteiger partial charge >= 0.3 is 0 Å². The first-order chi connectivity index (χ1) is 13.2. The Bertz CT molecular complexity index is 803. The highest BCUT2D eigenvalue weighted by atomic mass is 79.9. The van der Waals surface area contributed by atoms with Crippen molar-refractivity contribution in [2.24, 2.45) is 5.92 Å². The Morgan fingerprint density at radius 1 is 1.21 bits per heavy atom. The molecule has 28 heavy (non-hydrogen) atoms. The quantitative estimate of drug-likeness (QED) is 0.572. The van der Waals surface area contributed by atoms with E-state index in [1.165, 1.54) is 17.2 Å². The molecule has 0 heterocycles. The maximum absolute atomic E-state index is 13.7. The maximum atomic E-state index is 13.7. The summed E-state index contributed by atoms with van der Waals surface area (Å²) >= 11 is 3.10. The number of rotatable bonds is 8. The summed E-state index contributed by atoms with van der Waals surface area (Å²) < 4.78 is 32.8. The van der Waals surface area contributed by atoms with E-state index in [9.17, 15) is 13.9 Å². The summed E-state index contributed by atoms with van der Waals surface area (Å²) in [5, 5.41) is 13.6. The molecule has 152 valence electrons. The van der Waals surface area contributed by atoms with Crippen molar-refractivity contribution in [1.82, 2.24) is 5.32 Å². The maximum Gasteiger partial charge on any atom is 0.200 e. The smallest absolute Gasteiger partial charge is 0.200 e. The molecule has 3 rings (SSSR count). The lowest BCUT2D eigenvalue weighted by molar-refractivity contribution is 0.0942. The molecule has 3 nitrogen and oxygen atoms in total. The van der Waals surface area contributed by atoms with E-state index < -0.39 is 17.7 Å². The van der Waals surface area contributed by atoms with Crippen molar-refractivity contribution in [3.05, 3.63) is 63.6 Å². The van der Waals surface area contributed by atoms with E-state index in [4.69, 9.17) is 4.74 Å². The normalized spacial score (nSPS) is 15.5. The van der Waals surface area contributed by atoms with Crippen LogP contribution >= 0.6 is 15.9 Å². The van der Waals surface area contributed by atoms with Gasteiger partial charge in [0.15, 0.2) is 11.6 Å². The Hall–Kier alpha value is -1.50. The van der Waals surface area contributed by atoms with Crippen LogP contribution in [0.3, 0.4) is 0 Å². The number of β-amino-alcohol motifs (C(OH)–C–C–N with tert-alkyl or cyclic N) is 1. The van der Waals surface area contributed by atoms with E-state index >= 15 is 0 Å². The van der Waals surface area contributed by atoms with Gasteiger partial charge < -0.3 is 15.2 Å². The molecule has 0 amide bonds. The average molecular weight is 454 g/mol. The van der Waals surface area contributed by atoms with Crippen LogP contribution < -0.4 is 10.1 Å². The van der Waals surface area contributed by atoms with Crippen molar-refractivity contribution >= 4 is 15.9 Å². The Morgan fingerprint density at radius 2 is 1.86 bits per heavy atom.